The van der Waals surface area contributed by atoms with Gasteiger partial charge in [-0.05, 0) is 24.3 Å². The number of rotatable bonds is 7. The molecule has 0 radical (unpaired) electrons. The predicted octanol–water partition coefficient (Wildman–Crippen LogP) is 1.51. The summed E-state index contributed by atoms with van der Waals surface area (Å²) in [5.41, 5.74) is 0. The molecule has 20 heavy (non-hydrogen) atoms. The summed E-state index contributed by atoms with van der Waals surface area (Å²) in [5.74, 6) is 0.560. The average molecular weight is 293 g/mol. The lowest BCUT2D eigenvalue weighted by Gasteiger charge is -2.20. The first-order chi connectivity index (χ1) is 9.56. The van der Waals surface area contributed by atoms with Crippen molar-refractivity contribution >= 4 is 10.0 Å². The number of hydrogen-bond donors (Lipinski definition) is 0. The van der Waals surface area contributed by atoms with Crippen LogP contribution in [0.15, 0.2) is 29.2 Å². The van der Waals surface area contributed by atoms with Gasteiger partial charge in [-0.1, -0.05) is 0 Å². The van der Waals surface area contributed by atoms with E-state index in [0.29, 0.717) is 5.75 Å². The van der Waals surface area contributed by atoms with Gasteiger partial charge < -0.3 is 4.74 Å². The van der Waals surface area contributed by atoms with Crippen molar-refractivity contribution in [3.05, 3.63) is 24.3 Å². The quantitative estimate of drug-likeness (QED) is 0.759. The second-order valence-electron chi connectivity index (χ2n) is 3.90. The van der Waals surface area contributed by atoms with E-state index >= 15 is 0 Å². The first-order valence-corrected chi connectivity index (χ1v) is 7.38. The molecule has 0 atom stereocenters. The molecule has 6 nitrogen and oxygen atoms in total. The van der Waals surface area contributed by atoms with Crippen LogP contribution in [0.4, 0.5) is 0 Å². The number of sulfonamides is 1. The van der Waals surface area contributed by atoms with Gasteiger partial charge in [0.05, 0.1) is 24.1 Å². The highest BCUT2D eigenvalue weighted by Crippen LogP contribution is 2.19. The molecular weight excluding hydrogens is 278 g/mol. The Kier molecular flexibility index (Phi) is 5.98. The highest BCUT2D eigenvalue weighted by atomic mass is 32.2. The SMILES string of the molecule is COc1ccc(S(=O)(=O)N(CCC#N)CCC#N)cc1. The van der Waals surface area contributed by atoms with Crippen LogP contribution in [-0.2, 0) is 10.0 Å². The molecule has 0 aliphatic heterocycles. The lowest BCUT2D eigenvalue weighted by Crippen LogP contribution is -2.32. The topological polar surface area (TPSA) is 94.2 Å². The summed E-state index contributed by atoms with van der Waals surface area (Å²) in [4.78, 5) is 0.120. The Morgan fingerprint density at radius 1 is 1.10 bits per heavy atom. The summed E-state index contributed by atoms with van der Waals surface area (Å²) >= 11 is 0. The summed E-state index contributed by atoms with van der Waals surface area (Å²) in [7, 11) is -2.20. The van der Waals surface area contributed by atoms with Crippen molar-refractivity contribution in [2.75, 3.05) is 20.2 Å². The highest BCUT2D eigenvalue weighted by Gasteiger charge is 2.23. The maximum Gasteiger partial charge on any atom is 0.243 e. The number of methoxy groups -OCH3 is 1. The van der Waals surface area contributed by atoms with Gasteiger partial charge in [0.2, 0.25) is 10.0 Å². The van der Waals surface area contributed by atoms with Crippen molar-refractivity contribution in [3.8, 4) is 17.9 Å². The van der Waals surface area contributed by atoms with Gasteiger partial charge in [0.25, 0.3) is 0 Å². The first-order valence-electron chi connectivity index (χ1n) is 5.94. The minimum atomic E-state index is -3.69. The van der Waals surface area contributed by atoms with Crippen LogP contribution in [0.3, 0.4) is 0 Å². The van der Waals surface area contributed by atoms with Crippen molar-refractivity contribution in [1.82, 2.24) is 4.31 Å². The molecule has 0 unspecified atom stereocenters. The molecule has 0 saturated heterocycles. The van der Waals surface area contributed by atoms with E-state index in [1.165, 1.54) is 19.2 Å². The number of hydrogen-bond acceptors (Lipinski definition) is 5. The fraction of sp³-hybridized carbons (Fsp3) is 0.385. The third-order valence-corrected chi connectivity index (χ3v) is 4.56. The van der Waals surface area contributed by atoms with E-state index in [9.17, 15) is 8.42 Å². The standard InChI is InChI=1S/C13H15N3O3S/c1-19-12-4-6-13(7-5-12)20(17,18)16(10-2-8-14)11-3-9-15/h4-7H,2-3,10-11H2,1H3. The number of ether oxygens (including phenoxy) is 1. The molecule has 0 bridgehead atoms. The molecule has 1 aromatic carbocycles. The fourth-order valence-electron chi connectivity index (χ4n) is 1.60. The monoisotopic (exact) mass is 293 g/mol. The van der Waals surface area contributed by atoms with Crippen LogP contribution in [0.25, 0.3) is 0 Å². The number of nitrogens with zero attached hydrogens (tertiary/aromatic N) is 3. The molecule has 106 valence electrons. The summed E-state index contributed by atoms with van der Waals surface area (Å²) < 4.78 is 31.0. The van der Waals surface area contributed by atoms with Gasteiger partial charge in [0.15, 0.2) is 0 Å². The lowest BCUT2D eigenvalue weighted by atomic mass is 10.3. The van der Waals surface area contributed by atoms with Crippen LogP contribution in [0.1, 0.15) is 12.8 Å². The minimum Gasteiger partial charge on any atom is -0.497 e. The zero-order valence-electron chi connectivity index (χ0n) is 11.1. The van der Waals surface area contributed by atoms with Crippen LogP contribution >= 0.6 is 0 Å². The Labute approximate surface area is 118 Å². The zero-order valence-corrected chi connectivity index (χ0v) is 11.9. The maximum atomic E-state index is 12.4. The van der Waals surface area contributed by atoms with Crippen LogP contribution < -0.4 is 4.74 Å². The molecule has 0 aliphatic carbocycles. The molecule has 0 amide bonds. The largest absolute Gasteiger partial charge is 0.497 e. The lowest BCUT2D eigenvalue weighted by molar-refractivity contribution is 0.413. The molecule has 1 aromatic rings. The molecular formula is C13H15N3O3S. The average Bonchev–Trinajstić information content (AvgIpc) is 2.47. The van der Waals surface area contributed by atoms with E-state index < -0.39 is 10.0 Å². The van der Waals surface area contributed by atoms with E-state index in [4.69, 9.17) is 15.3 Å². The number of nitriles is 2. The zero-order chi connectivity index (χ0) is 15.0. The summed E-state index contributed by atoms with van der Waals surface area (Å²) in [5, 5.41) is 17.2. The molecule has 1 rings (SSSR count). The molecule has 0 saturated carbocycles. The van der Waals surface area contributed by atoms with Crippen molar-refractivity contribution < 1.29 is 13.2 Å². The van der Waals surface area contributed by atoms with Gasteiger partial charge in [0, 0.05) is 25.9 Å². The van der Waals surface area contributed by atoms with E-state index in [2.05, 4.69) is 0 Å². The van der Waals surface area contributed by atoms with Crippen LogP contribution in [0.5, 0.6) is 5.75 Å². The van der Waals surface area contributed by atoms with E-state index in [1.807, 2.05) is 12.1 Å². The van der Waals surface area contributed by atoms with E-state index in [1.54, 1.807) is 12.1 Å². The molecule has 0 aromatic heterocycles. The summed E-state index contributed by atoms with van der Waals surface area (Å²) in [6, 6.07) is 9.81. The van der Waals surface area contributed by atoms with Gasteiger partial charge in [0.1, 0.15) is 5.75 Å². The first kappa shape index (κ1) is 16.0. The molecule has 0 heterocycles. The van der Waals surface area contributed by atoms with Gasteiger partial charge >= 0.3 is 0 Å². The van der Waals surface area contributed by atoms with Crippen LogP contribution in [0, 0.1) is 22.7 Å². The smallest absolute Gasteiger partial charge is 0.243 e. The van der Waals surface area contributed by atoms with Gasteiger partial charge in [-0.25, -0.2) is 8.42 Å². The van der Waals surface area contributed by atoms with Crippen molar-refractivity contribution in [1.29, 1.82) is 10.5 Å². The van der Waals surface area contributed by atoms with E-state index in [-0.39, 0.29) is 30.8 Å². The Hall–Kier alpha value is -2.09. The Balaban J connectivity index is 3.01. The predicted molar refractivity (Wildman–Crippen MR) is 72.2 cm³/mol. The van der Waals surface area contributed by atoms with Crippen LogP contribution in [0.2, 0.25) is 0 Å². The van der Waals surface area contributed by atoms with Crippen molar-refractivity contribution in [2.45, 2.75) is 17.7 Å². The second kappa shape index (κ2) is 7.49. The van der Waals surface area contributed by atoms with Crippen LogP contribution in [-0.4, -0.2) is 32.9 Å². The Morgan fingerprint density at radius 3 is 2.00 bits per heavy atom. The van der Waals surface area contributed by atoms with Crippen molar-refractivity contribution in [2.24, 2.45) is 0 Å². The third-order valence-electron chi connectivity index (χ3n) is 2.64. The molecule has 0 fully saturated rings. The Morgan fingerprint density at radius 2 is 1.60 bits per heavy atom. The molecule has 7 heteroatoms. The summed E-state index contributed by atoms with van der Waals surface area (Å²) in [6.07, 6.45) is 0.168. The van der Waals surface area contributed by atoms with Crippen molar-refractivity contribution in [3.63, 3.8) is 0 Å². The summed E-state index contributed by atoms with van der Waals surface area (Å²) in [6.45, 7) is 0.152. The maximum absolute atomic E-state index is 12.4. The third kappa shape index (κ3) is 3.95. The molecule has 0 spiro atoms. The normalized spacial score (nSPS) is 10.8. The molecule has 0 aliphatic rings. The van der Waals surface area contributed by atoms with Gasteiger partial charge in [-0.2, -0.15) is 14.8 Å². The second-order valence-corrected chi connectivity index (χ2v) is 5.83. The molecule has 0 N–H and O–H groups in total. The van der Waals surface area contributed by atoms with Gasteiger partial charge in [-0.3, -0.25) is 0 Å². The Bertz CT molecular complexity index is 594. The number of benzene rings is 1. The highest BCUT2D eigenvalue weighted by molar-refractivity contribution is 7.89. The fourth-order valence-corrected chi connectivity index (χ4v) is 3.04. The van der Waals surface area contributed by atoms with E-state index in [0.717, 1.165) is 4.31 Å². The van der Waals surface area contributed by atoms with Gasteiger partial charge in [-0.15, -0.1) is 0 Å². The minimum absolute atomic E-state index is 0.0759.